The summed E-state index contributed by atoms with van der Waals surface area (Å²) in [5, 5.41) is 33.7. The molecule has 37 heavy (non-hydrogen) atoms. The van der Waals surface area contributed by atoms with Crippen LogP contribution in [0.4, 0.5) is 0 Å². The van der Waals surface area contributed by atoms with Gasteiger partial charge in [0, 0.05) is 18.8 Å². The van der Waals surface area contributed by atoms with Crippen molar-refractivity contribution < 1.29 is 39.3 Å². The van der Waals surface area contributed by atoms with E-state index in [1.54, 1.807) is 60.7 Å². The van der Waals surface area contributed by atoms with E-state index in [1.165, 1.54) is 0 Å². The Morgan fingerprint density at radius 3 is 1.51 bits per heavy atom. The molecule has 5 atom stereocenters. The molecule has 2 amide bonds. The van der Waals surface area contributed by atoms with Crippen LogP contribution >= 0.6 is 0 Å². The van der Waals surface area contributed by atoms with Crippen molar-refractivity contribution in [1.82, 2.24) is 10.6 Å². The highest BCUT2D eigenvalue weighted by atomic mass is 16.4. The second-order valence-corrected chi connectivity index (χ2v) is 9.31. The Bertz CT molecular complexity index is 1100. The summed E-state index contributed by atoms with van der Waals surface area (Å²) in [6.07, 6.45) is -0.0560. The van der Waals surface area contributed by atoms with Gasteiger partial charge in [-0.25, -0.2) is 4.79 Å². The fourth-order valence-corrected chi connectivity index (χ4v) is 4.61. The van der Waals surface area contributed by atoms with Crippen LogP contribution in [0.1, 0.15) is 30.4 Å². The number of amides is 2. The Hall–Kier alpha value is -4.21. The molecule has 10 nitrogen and oxygen atoms in total. The smallest absolute Gasteiger partial charge is 0.326 e. The van der Waals surface area contributed by atoms with Gasteiger partial charge in [0.2, 0.25) is 11.8 Å². The average Bonchev–Trinajstić information content (AvgIpc) is 2.88. The molecule has 1 saturated carbocycles. The first-order valence-corrected chi connectivity index (χ1v) is 12.0. The fraction of sp³-hybridized carbons (Fsp3) is 0.370. The van der Waals surface area contributed by atoms with Gasteiger partial charge in [0.15, 0.2) is 0 Å². The Morgan fingerprint density at radius 1 is 0.649 bits per heavy atom. The van der Waals surface area contributed by atoms with E-state index in [4.69, 9.17) is 0 Å². The molecule has 10 heteroatoms. The fourth-order valence-electron chi connectivity index (χ4n) is 4.61. The summed E-state index contributed by atoms with van der Waals surface area (Å²) in [6, 6.07) is 15.2. The van der Waals surface area contributed by atoms with E-state index in [-0.39, 0.29) is 32.1 Å². The standard InChI is InChI=1S/C27H30N2O8/c30-23(18-13-19(25(32)33)15-20(14-18)26(34)35)28-21(11-16-7-3-1-4-8-16)24(31)29-22(27(36)37)12-17-9-5-2-6-10-17/h1-10,18-22H,11-15H2,(H,28,30)(H,29,31)(H,32,33)(H,34,35)(H,36,37)/t18-,19+,20-,21-,22-/m0/s1. The maximum Gasteiger partial charge on any atom is 0.326 e. The quantitative estimate of drug-likeness (QED) is 0.304. The van der Waals surface area contributed by atoms with Crippen LogP contribution in [0.2, 0.25) is 0 Å². The van der Waals surface area contributed by atoms with Gasteiger partial charge in [-0.05, 0) is 30.4 Å². The van der Waals surface area contributed by atoms with Crippen LogP contribution in [-0.4, -0.2) is 57.1 Å². The number of benzene rings is 2. The number of hydrogen-bond acceptors (Lipinski definition) is 5. The van der Waals surface area contributed by atoms with E-state index in [1.807, 2.05) is 0 Å². The van der Waals surface area contributed by atoms with E-state index >= 15 is 0 Å². The van der Waals surface area contributed by atoms with Crippen molar-refractivity contribution in [1.29, 1.82) is 0 Å². The zero-order valence-corrected chi connectivity index (χ0v) is 20.1. The highest BCUT2D eigenvalue weighted by Gasteiger charge is 2.40. The van der Waals surface area contributed by atoms with Gasteiger partial charge in [0.1, 0.15) is 12.1 Å². The molecule has 1 fully saturated rings. The van der Waals surface area contributed by atoms with E-state index in [0.29, 0.717) is 11.1 Å². The van der Waals surface area contributed by atoms with Crippen LogP contribution in [-0.2, 0) is 36.8 Å². The SMILES string of the molecule is O=C(O)[C@@H]1C[C@H](C(=O)O)C[C@H](C(=O)N[C@@H](Cc2ccccc2)C(=O)N[C@@H](Cc2ccccc2)C(=O)O)C1. The third-order valence-electron chi connectivity index (χ3n) is 6.59. The van der Waals surface area contributed by atoms with Crippen molar-refractivity contribution in [2.24, 2.45) is 17.8 Å². The van der Waals surface area contributed by atoms with Crippen LogP contribution in [0.3, 0.4) is 0 Å². The van der Waals surface area contributed by atoms with E-state index in [0.717, 1.165) is 0 Å². The van der Waals surface area contributed by atoms with Crippen LogP contribution in [0.25, 0.3) is 0 Å². The van der Waals surface area contributed by atoms with Crippen molar-refractivity contribution in [3.8, 4) is 0 Å². The van der Waals surface area contributed by atoms with E-state index < -0.39 is 59.6 Å². The maximum absolute atomic E-state index is 13.2. The Kier molecular flexibility index (Phi) is 9.37. The van der Waals surface area contributed by atoms with Crippen LogP contribution in [0.5, 0.6) is 0 Å². The minimum absolute atomic E-state index is 0.0388. The van der Waals surface area contributed by atoms with Gasteiger partial charge in [-0.3, -0.25) is 19.2 Å². The Labute approximate surface area is 213 Å². The van der Waals surface area contributed by atoms with Crippen LogP contribution < -0.4 is 10.6 Å². The van der Waals surface area contributed by atoms with Crippen molar-refractivity contribution in [2.45, 2.75) is 44.2 Å². The maximum atomic E-state index is 13.2. The number of aliphatic carboxylic acids is 3. The summed E-state index contributed by atoms with van der Waals surface area (Å²) in [6.45, 7) is 0. The van der Waals surface area contributed by atoms with Gasteiger partial charge in [-0.15, -0.1) is 0 Å². The number of hydrogen-bond donors (Lipinski definition) is 5. The van der Waals surface area contributed by atoms with Gasteiger partial charge in [0.05, 0.1) is 11.8 Å². The molecule has 0 saturated heterocycles. The lowest BCUT2D eigenvalue weighted by molar-refractivity contribution is -0.150. The van der Waals surface area contributed by atoms with Crippen LogP contribution in [0, 0.1) is 17.8 Å². The summed E-state index contributed by atoms with van der Waals surface area (Å²) in [5.41, 5.74) is 1.42. The number of carbonyl (C=O) groups excluding carboxylic acids is 2. The largest absolute Gasteiger partial charge is 0.481 e. The second kappa shape index (κ2) is 12.7. The number of carboxylic acid groups (broad SMARTS) is 3. The molecule has 1 aliphatic rings. The summed E-state index contributed by atoms with van der Waals surface area (Å²) in [5.74, 6) is -7.82. The van der Waals surface area contributed by atoms with Gasteiger partial charge in [0.25, 0.3) is 0 Å². The zero-order chi connectivity index (χ0) is 26.9. The molecule has 1 aliphatic carbocycles. The molecular formula is C27H30N2O8. The van der Waals surface area contributed by atoms with Crippen molar-refractivity contribution in [3.63, 3.8) is 0 Å². The van der Waals surface area contributed by atoms with Gasteiger partial charge in [-0.1, -0.05) is 60.7 Å². The molecule has 5 N–H and O–H groups in total. The molecule has 3 rings (SSSR count). The number of carboxylic acids is 3. The lowest BCUT2D eigenvalue weighted by atomic mass is 9.74. The third kappa shape index (κ3) is 7.89. The molecule has 0 radical (unpaired) electrons. The number of rotatable bonds is 11. The molecule has 0 heterocycles. The number of carbonyl (C=O) groups is 5. The van der Waals surface area contributed by atoms with E-state index in [9.17, 15) is 39.3 Å². The average molecular weight is 511 g/mol. The lowest BCUT2D eigenvalue weighted by Crippen LogP contribution is -2.54. The van der Waals surface area contributed by atoms with Crippen molar-refractivity contribution in [2.75, 3.05) is 0 Å². The molecular weight excluding hydrogens is 480 g/mol. The Morgan fingerprint density at radius 2 is 1.08 bits per heavy atom. The zero-order valence-electron chi connectivity index (χ0n) is 20.1. The van der Waals surface area contributed by atoms with Gasteiger partial charge in [-0.2, -0.15) is 0 Å². The summed E-state index contributed by atoms with van der Waals surface area (Å²) < 4.78 is 0. The summed E-state index contributed by atoms with van der Waals surface area (Å²) in [7, 11) is 0. The van der Waals surface area contributed by atoms with Crippen LogP contribution in [0.15, 0.2) is 60.7 Å². The minimum atomic E-state index is -1.24. The Balaban J connectivity index is 1.78. The second-order valence-electron chi connectivity index (χ2n) is 9.31. The molecule has 2 aromatic rings. The normalized spacial score (nSPS) is 20.7. The topological polar surface area (TPSA) is 170 Å². The van der Waals surface area contributed by atoms with E-state index in [2.05, 4.69) is 10.6 Å². The minimum Gasteiger partial charge on any atom is -0.481 e. The molecule has 0 aliphatic heterocycles. The predicted molar refractivity (Wildman–Crippen MR) is 131 cm³/mol. The molecule has 196 valence electrons. The van der Waals surface area contributed by atoms with Gasteiger partial charge < -0.3 is 26.0 Å². The van der Waals surface area contributed by atoms with Crippen molar-refractivity contribution in [3.05, 3.63) is 71.8 Å². The van der Waals surface area contributed by atoms with Crippen molar-refractivity contribution >= 4 is 29.7 Å². The molecule has 2 aromatic carbocycles. The summed E-state index contributed by atoms with van der Waals surface area (Å²) in [4.78, 5) is 61.4. The highest BCUT2D eigenvalue weighted by molar-refractivity contribution is 5.91. The lowest BCUT2D eigenvalue weighted by Gasteiger charge is -2.31. The molecule has 0 unspecified atom stereocenters. The molecule has 0 aromatic heterocycles. The first-order chi connectivity index (χ1) is 17.6. The summed E-state index contributed by atoms with van der Waals surface area (Å²) >= 11 is 0. The predicted octanol–water partition coefficient (Wildman–Crippen LogP) is 1.73. The monoisotopic (exact) mass is 510 g/mol. The number of nitrogens with one attached hydrogen (secondary N) is 2. The first kappa shape index (κ1) is 27.4. The highest BCUT2D eigenvalue weighted by Crippen LogP contribution is 2.34. The molecule has 0 spiro atoms. The third-order valence-corrected chi connectivity index (χ3v) is 6.59. The molecule has 0 bridgehead atoms. The first-order valence-electron chi connectivity index (χ1n) is 12.0. The van der Waals surface area contributed by atoms with Gasteiger partial charge >= 0.3 is 17.9 Å².